The third-order valence-electron chi connectivity index (χ3n) is 3.98. The summed E-state index contributed by atoms with van der Waals surface area (Å²) < 4.78 is 7.42. The Kier molecular flexibility index (Phi) is 4.30. The SMILES string of the molecule is CC(C)(C)OC(=O)NCCc1cncn1CC1CC1(C)C. The fourth-order valence-corrected chi connectivity index (χ4v) is 2.45. The smallest absolute Gasteiger partial charge is 0.407 e. The van der Waals surface area contributed by atoms with Crippen molar-refractivity contribution in [1.29, 1.82) is 0 Å². The summed E-state index contributed by atoms with van der Waals surface area (Å²) in [6.45, 7) is 11.8. The van der Waals surface area contributed by atoms with Crippen LogP contribution in [0.2, 0.25) is 0 Å². The number of nitrogens with zero attached hydrogens (tertiary/aromatic N) is 2. The first-order valence-corrected chi connectivity index (χ1v) is 7.63. The van der Waals surface area contributed by atoms with Crippen molar-refractivity contribution in [2.45, 2.75) is 59.6 Å². The second kappa shape index (κ2) is 5.70. The molecule has 1 fully saturated rings. The summed E-state index contributed by atoms with van der Waals surface area (Å²) in [4.78, 5) is 15.8. The molecular formula is C16H27N3O2. The van der Waals surface area contributed by atoms with Gasteiger partial charge in [0.15, 0.2) is 0 Å². The van der Waals surface area contributed by atoms with Gasteiger partial charge in [-0.05, 0) is 38.5 Å². The Morgan fingerprint density at radius 2 is 2.19 bits per heavy atom. The van der Waals surface area contributed by atoms with Gasteiger partial charge >= 0.3 is 6.09 Å². The van der Waals surface area contributed by atoms with Crippen LogP contribution in [0.1, 0.15) is 46.7 Å². The first-order valence-electron chi connectivity index (χ1n) is 7.63. The van der Waals surface area contributed by atoms with E-state index in [9.17, 15) is 4.79 Å². The molecule has 1 amide bonds. The Morgan fingerprint density at radius 1 is 1.52 bits per heavy atom. The minimum absolute atomic E-state index is 0.364. The second-order valence-electron chi connectivity index (χ2n) is 7.61. The maximum Gasteiger partial charge on any atom is 0.407 e. The lowest BCUT2D eigenvalue weighted by Gasteiger charge is -2.19. The first-order chi connectivity index (χ1) is 9.67. The lowest BCUT2D eigenvalue weighted by atomic mass is 10.1. The molecule has 5 nitrogen and oxygen atoms in total. The van der Waals surface area contributed by atoms with E-state index in [0.717, 1.165) is 24.6 Å². The molecule has 1 aliphatic carbocycles. The molecule has 118 valence electrons. The van der Waals surface area contributed by atoms with Crippen LogP contribution in [0.4, 0.5) is 4.79 Å². The van der Waals surface area contributed by atoms with Crippen LogP contribution in [0.25, 0.3) is 0 Å². The van der Waals surface area contributed by atoms with E-state index >= 15 is 0 Å². The summed E-state index contributed by atoms with van der Waals surface area (Å²) >= 11 is 0. The predicted octanol–water partition coefficient (Wildman–Crippen LogP) is 3.00. The van der Waals surface area contributed by atoms with Gasteiger partial charge in [-0.2, -0.15) is 0 Å². The number of aromatic nitrogens is 2. The summed E-state index contributed by atoms with van der Waals surface area (Å²) in [5.41, 5.74) is 1.17. The number of hydrogen-bond donors (Lipinski definition) is 1. The van der Waals surface area contributed by atoms with Crippen LogP contribution in [-0.4, -0.2) is 27.8 Å². The van der Waals surface area contributed by atoms with E-state index in [0.29, 0.717) is 12.0 Å². The summed E-state index contributed by atoms with van der Waals surface area (Å²) in [5.74, 6) is 0.740. The van der Waals surface area contributed by atoms with Gasteiger partial charge in [0.05, 0.1) is 6.33 Å². The van der Waals surface area contributed by atoms with Crippen molar-refractivity contribution in [3.05, 3.63) is 18.2 Å². The fourth-order valence-electron chi connectivity index (χ4n) is 2.45. The van der Waals surface area contributed by atoms with E-state index in [1.54, 1.807) is 0 Å². The molecule has 0 spiro atoms. The summed E-state index contributed by atoms with van der Waals surface area (Å²) in [6, 6.07) is 0. The fraction of sp³-hybridized carbons (Fsp3) is 0.750. The highest BCUT2D eigenvalue weighted by Gasteiger charge is 2.45. The second-order valence-corrected chi connectivity index (χ2v) is 7.61. The molecule has 0 aliphatic heterocycles. The number of carbonyl (C=O) groups is 1. The average Bonchev–Trinajstić information content (AvgIpc) is 2.71. The molecule has 1 aliphatic rings. The van der Waals surface area contributed by atoms with E-state index in [1.807, 2.05) is 33.3 Å². The highest BCUT2D eigenvalue weighted by Crippen LogP contribution is 2.52. The summed E-state index contributed by atoms with van der Waals surface area (Å²) in [7, 11) is 0. The number of amides is 1. The molecule has 1 aromatic heterocycles. The van der Waals surface area contributed by atoms with Crippen molar-refractivity contribution in [3.8, 4) is 0 Å². The number of hydrogen-bond acceptors (Lipinski definition) is 3. The largest absolute Gasteiger partial charge is 0.444 e. The molecule has 0 saturated heterocycles. The van der Waals surface area contributed by atoms with E-state index in [2.05, 4.69) is 28.7 Å². The molecule has 1 saturated carbocycles. The Bertz CT molecular complexity index is 500. The van der Waals surface area contributed by atoms with Gasteiger partial charge in [-0.25, -0.2) is 9.78 Å². The summed E-state index contributed by atoms with van der Waals surface area (Å²) in [5, 5.41) is 2.79. The Morgan fingerprint density at radius 3 is 2.76 bits per heavy atom. The molecule has 1 atom stereocenters. The molecule has 0 aromatic carbocycles. The van der Waals surface area contributed by atoms with Crippen LogP contribution in [-0.2, 0) is 17.7 Å². The topological polar surface area (TPSA) is 56.1 Å². The van der Waals surface area contributed by atoms with Crippen molar-refractivity contribution >= 4 is 6.09 Å². The molecule has 5 heteroatoms. The summed E-state index contributed by atoms with van der Waals surface area (Å²) in [6.07, 6.45) is 5.45. The third-order valence-corrected chi connectivity index (χ3v) is 3.98. The molecule has 21 heavy (non-hydrogen) atoms. The average molecular weight is 293 g/mol. The van der Waals surface area contributed by atoms with Crippen LogP contribution in [0.3, 0.4) is 0 Å². The van der Waals surface area contributed by atoms with Crippen molar-refractivity contribution < 1.29 is 9.53 Å². The number of carbonyl (C=O) groups excluding carboxylic acids is 1. The number of rotatable bonds is 5. The molecule has 0 radical (unpaired) electrons. The Hall–Kier alpha value is -1.52. The van der Waals surface area contributed by atoms with Crippen molar-refractivity contribution in [3.63, 3.8) is 0 Å². The normalized spacial score (nSPS) is 20.1. The zero-order valence-electron chi connectivity index (χ0n) is 13.8. The maximum atomic E-state index is 11.6. The lowest BCUT2D eigenvalue weighted by molar-refractivity contribution is 0.0528. The molecule has 1 unspecified atom stereocenters. The Labute approximate surface area is 127 Å². The van der Waals surface area contributed by atoms with Crippen LogP contribution in [0.5, 0.6) is 0 Å². The maximum absolute atomic E-state index is 11.6. The van der Waals surface area contributed by atoms with Gasteiger partial charge in [-0.3, -0.25) is 0 Å². The standard InChI is InChI=1S/C16H27N3O2/c1-15(2,3)21-14(20)18-7-6-13-9-17-11-19(13)10-12-8-16(12,4)5/h9,11-12H,6-8,10H2,1-5H3,(H,18,20). The van der Waals surface area contributed by atoms with Crippen LogP contribution in [0.15, 0.2) is 12.5 Å². The minimum Gasteiger partial charge on any atom is -0.444 e. The van der Waals surface area contributed by atoms with E-state index in [1.165, 1.54) is 6.42 Å². The number of ether oxygens (including phenoxy) is 1. The van der Waals surface area contributed by atoms with Crippen molar-refractivity contribution in [2.75, 3.05) is 6.54 Å². The number of nitrogens with one attached hydrogen (secondary N) is 1. The number of alkyl carbamates (subject to hydrolysis) is 1. The third kappa shape index (κ3) is 4.76. The minimum atomic E-state index is -0.455. The Balaban J connectivity index is 1.77. The van der Waals surface area contributed by atoms with Crippen molar-refractivity contribution in [1.82, 2.24) is 14.9 Å². The van der Waals surface area contributed by atoms with Crippen LogP contribution >= 0.6 is 0 Å². The van der Waals surface area contributed by atoms with Gasteiger partial charge in [0, 0.05) is 31.4 Å². The molecular weight excluding hydrogens is 266 g/mol. The van der Waals surface area contributed by atoms with E-state index in [4.69, 9.17) is 4.74 Å². The molecule has 1 heterocycles. The predicted molar refractivity (Wildman–Crippen MR) is 82.1 cm³/mol. The van der Waals surface area contributed by atoms with Gasteiger partial charge < -0.3 is 14.6 Å². The van der Waals surface area contributed by atoms with Gasteiger partial charge in [-0.1, -0.05) is 13.8 Å². The van der Waals surface area contributed by atoms with Gasteiger partial charge in [0.2, 0.25) is 0 Å². The molecule has 1 aromatic rings. The highest BCUT2D eigenvalue weighted by molar-refractivity contribution is 5.67. The van der Waals surface area contributed by atoms with Gasteiger partial charge in [-0.15, -0.1) is 0 Å². The number of imidazole rings is 1. The van der Waals surface area contributed by atoms with Crippen LogP contribution < -0.4 is 5.32 Å². The highest BCUT2D eigenvalue weighted by atomic mass is 16.6. The monoisotopic (exact) mass is 293 g/mol. The molecule has 1 N–H and O–H groups in total. The zero-order valence-corrected chi connectivity index (χ0v) is 13.8. The van der Waals surface area contributed by atoms with Gasteiger partial charge in [0.25, 0.3) is 0 Å². The molecule has 0 bridgehead atoms. The quantitative estimate of drug-likeness (QED) is 0.908. The zero-order chi connectivity index (χ0) is 15.7. The van der Waals surface area contributed by atoms with E-state index in [-0.39, 0.29) is 6.09 Å². The lowest BCUT2D eigenvalue weighted by Crippen LogP contribution is -2.33. The van der Waals surface area contributed by atoms with Crippen molar-refractivity contribution in [2.24, 2.45) is 11.3 Å². The molecule has 2 rings (SSSR count). The van der Waals surface area contributed by atoms with Crippen LogP contribution in [0, 0.1) is 11.3 Å². The van der Waals surface area contributed by atoms with E-state index < -0.39 is 5.60 Å². The first kappa shape index (κ1) is 15.9. The van der Waals surface area contributed by atoms with Gasteiger partial charge in [0.1, 0.15) is 5.60 Å².